The van der Waals surface area contributed by atoms with Gasteiger partial charge in [-0.15, -0.1) is 18.3 Å². The summed E-state index contributed by atoms with van der Waals surface area (Å²) in [6.45, 7) is 0.0906. The van der Waals surface area contributed by atoms with E-state index in [4.69, 9.17) is 0 Å². The number of ether oxygens (including phenoxy) is 1. The van der Waals surface area contributed by atoms with E-state index in [9.17, 15) is 18.0 Å². The summed E-state index contributed by atoms with van der Waals surface area (Å²) < 4.78 is 42.0. The number of amides is 1. The average molecular weight is 368 g/mol. The van der Waals surface area contributed by atoms with Crippen LogP contribution in [0.1, 0.15) is 16.1 Å². The Hall–Kier alpha value is -2.88. The molecule has 6 nitrogen and oxygen atoms in total. The normalized spacial score (nSPS) is 11.3. The summed E-state index contributed by atoms with van der Waals surface area (Å²) in [6, 6.07) is 6.71. The third kappa shape index (κ3) is 4.57. The van der Waals surface area contributed by atoms with E-state index in [1.54, 1.807) is 10.9 Å². The number of benzene rings is 1. The van der Waals surface area contributed by atoms with Crippen LogP contribution in [0.3, 0.4) is 0 Å². The van der Waals surface area contributed by atoms with Crippen molar-refractivity contribution >= 4 is 17.2 Å². The van der Waals surface area contributed by atoms with Gasteiger partial charge in [0.25, 0.3) is 5.91 Å². The topological polar surface area (TPSA) is 69.0 Å². The van der Waals surface area contributed by atoms with E-state index in [1.807, 2.05) is 16.8 Å². The number of hydrogen-bond donors (Lipinski definition) is 1. The predicted molar refractivity (Wildman–Crippen MR) is 83.5 cm³/mol. The molecule has 0 bridgehead atoms. The van der Waals surface area contributed by atoms with Crippen LogP contribution in [-0.4, -0.2) is 27.3 Å². The minimum absolute atomic E-state index is 0.0481. The molecular formula is C15H11F3N4O2S. The molecule has 0 unspecified atom stereocenters. The van der Waals surface area contributed by atoms with Gasteiger partial charge in [-0.1, -0.05) is 11.3 Å². The first-order valence-corrected chi connectivity index (χ1v) is 7.93. The van der Waals surface area contributed by atoms with Crippen molar-refractivity contribution in [1.82, 2.24) is 20.3 Å². The Balaban J connectivity index is 1.62. The summed E-state index contributed by atoms with van der Waals surface area (Å²) in [5, 5.41) is 14.2. The van der Waals surface area contributed by atoms with Crippen molar-refractivity contribution in [3.05, 3.63) is 58.5 Å². The molecule has 130 valence electrons. The van der Waals surface area contributed by atoms with Crippen molar-refractivity contribution < 1.29 is 22.7 Å². The number of hydrogen-bond acceptors (Lipinski definition) is 5. The van der Waals surface area contributed by atoms with Crippen LogP contribution >= 0.6 is 11.3 Å². The van der Waals surface area contributed by atoms with Crippen LogP contribution in [0.4, 0.5) is 13.2 Å². The van der Waals surface area contributed by atoms with Crippen molar-refractivity contribution in [2.75, 3.05) is 0 Å². The SMILES string of the molecule is O=C(NCc1cn(-c2ccsc2)nn1)c1cccc(OC(F)(F)F)c1. The molecule has 0 aliphatic heterocycles. The second-order valence-electron chi connectivity index (χ2n) is 4.89. The van der Waals surface area contributed by atoms with E-state index >= 15 is 0 Å². The molecule has 0 fully saturated rings. The van der Waals surface area contributed by atoms with Gasteiger partial charge in [0.15, 0.2) is 0 Å². The van der Waals surface area contributed by atoms with Gasteiger partial charge in [-0.25, -0.2) is 4.68 Å². The average Bonchev–Trinajstić information content (AvgIpc) is 3.22. The number of nitrogens with zero attached hydrogens (tertiary/aromatic N) is 3. The molecule has 2 heterocycles. The molecule has 0 aliphatic rings. The monoisotopic (exact) mass is 368 g/mol. The first-order chi connectivity index (χ1) is 11.9. The first kappa shape index (κ1) is 17.0. The number of alkyl halides is 3. The Labute approximate surface area is 143 Å². The van der Waals surface area contributed by atoms with Gasteiger partial charge in [0.2, 0.25) is 0 Å². The lowest BCUT2D eigenvalue weighted by atomic mass is 10.2. The van der Waals surface area contributed by atoms with Crippen LogP contribution in [0.5, 0.6) is 5.75 Å². The van der Waals surface area contributed by atoms with Gasteiger partial charge in [0.05, 0.1) is 18.4 Å². The number of thiophene rings is 1. The van der Waals surface area contributed by atoms with Crippen LogP contribution in [0.15, 0.2) is 47.3 Å². The van der Waals surface area contributed by atoms with Gasteiger partial charge in [-0.2, -0.15) is 11.3 Å². The second kappa shape index (κ2) is 6.93. The van der Waals surface area contributed by atoms with Crippen LogP contribution in [0.2, 0.25) is 0 Å². The summed E-state index contributed by atoms with van der Waals surface area (Å²) in [5.41, 5.74) is 1.42. The summed E-state index contributed by atoms with van der Waals surface area (Å²) in [6.07, 6.45) is -3.15. The Morgan fingerprint density at radius 3 is 2.88 bits per heavy atom. The fourth-order valence-electron chi connectivity index (χ4n) is 2.00. The van der Waals surface area contributed by atoms with Gasteiger partial charge in [-0.3, -0.25) is 4.79 Å². The van der Waals surface area contributed by atoms with Gasteiger partial charge >= 0.3 is 6.36 Å². The molecule has 25 heavy (non-hydrogen) atoms. The van der Waals surface area contributed by atoms with Crippen molar-refractivity contribution in [2.45, 2.75) is 12.9 Å². The van der Waals surface area contributed by atoms with Crippen LogP contribution in [0, 0.1) is 0 Å². The highest BCUT2D eigenvalue weighted by atomic mass is 32.1. The highest BCUT2D eigenvalue weighted by Gasteiger charge is 2.31. The maximum atomic E-state index is 12.2. The molecule has 1 amide bonds. The molecule has 3 rings (SSSR count). The molecule has 0 atom stereocenters. The predicted octanol–water partition coefficient (Wildman–Crippen LogP) is 3.16. The van der Waals surface area contributed by atoms with E-state index in [2.05, 4.69) is 20.4 Å². The number of carbonyl (C=O) groups excluding carboxylic acids is 1. The maximum absolute atomic E-state index is 12.2. The molecule has 2 aromatic heterocycles. The molecule has 0 radical (unpaired) electrons. The molecule has 0 aliphatic carbocycles. The first-order valence-electron chi connectivity index (χ1n) is 6.98. The molecule has 1 aromatic carbocycles. The minimum Gasteiger partial charge on any atom is -0.406 e. The lowest BCUT2D eigenvalue weighted by Gasteiger charge is -2.10. The zero-order valence-corrected chi connectivity index (χ0v) is 13.3. The van der Waals surface area contributed by atoms with E-state index < -0.39 is 18.0 Å². The second-order valence-corrected chi connectivity index (χ2v) is 5.67. The van der Waals surface area contributed by atoms with Crippen molar-refractivity contribution in [2.24, 2.45) is 0 Å². The number of rotatable bonds is 5. The number of aromatic nitrogens is 3. The third-order valence-corrected chi connectivity index (χ3v) is 3.74. The van der Waals surface area contributed by atoms with Gasteiger partial charge in [0, 0.05) is 10.9 Å². The highest BCUT2D eigenvalue weighted by Crippen LogP contribution is 2.23. The third-order valence-electron chi connectivity index (χ3n) is 3.07. The Bertz CT molecular complexity index is 862. The smallest absolute Gasteiger partial charge is 0.406 e. The minimum atomic E-state index is -4.81. The molecular weight excluding hydrogens is 357 g/mol. The maximum Gasteiger partial charge on any atom is 0.573 e. The lowest BCUT2D eigenvalue weighted by Crippen LogP contribution is -2.23. The molecule has 3 aromatic rings. The Morgan fingerprint density at radius 1 is 1.32 bits per heavy atom. The Morgan fingerprint density at radius 2 is 2.16 bits per heavy atom. The Kier molecular flexibility index (Phi) is 4.70. The fourth-order valence-corrected chi connectivity index (χ4v) is 2.62. The zero-order chi connectivity index (χ0) is 17.9. The quantitative estimate of drug-likeness (QED) is 0.751. The van der Waals surface area contributed by atoms with Crippen molar-refractivity contribution in [3.63, 3.8) is 0 Å². The standard InChI is InChI=1S/C15H11F3N4O2S/c16-15(17,18)24-13-3-1-2-10(6-13)14(23)19-7-11-8-22(21-20-11)12-4-5-25-9-12/h1-6,8-9H,7H2,(H,19,23). The van der Waals surface area contributed by atoms with Crippen molar-refractivity contribution in [1.29, 1.82) is 0 Å². The largest absolute Gasteiger partial charge is 0.573 e. The van der Waals surface area contributed by atoms with E-state index in [1.165, 1.54) is 23.5 Å². The van der Waals surface area contributed by atoms with Crippen LogP contribution < -0.4 is 10.1 Å². The molecule has 0 spiro atoms. The lowest BCUT2D eigenvalue weighted by molar-refractivity contribution is -0.274. The van der Waals surface area contributed by atoms with Gasteiger partial charge in [0.1, 0.15) is 11.4 Å². The van der Waals surface area contributed by atoms with Gasteiger partial charge in [-0.05, 0) is 29.6 Å². The van der Waals surface area contributed by atoms with E-state index in [-0.39, 0.29) is 12.1 Å². The van der Waals surface area contributed by atoms with E-state index in [0.717, 1.165) is 17.8 Å². The number of carbonyl (C=O) groups is 1. The summed E-state index contributed by atoms with van der Waals surface area (Å²) in [4.78, 5) is 12.1. The fraction of sp³-hybridized carbons (Fsp3) is 0.133. The van der Waals surface area contributed by atoms with Gasteiger partial charge < -0.3 is 10.1 Å². The number of halogens is 3. The number of nitrogens with one attached hydrogen (secondary N) is 1. The van der Waals surface area contributed by atoms with Crippen LogP contribution in [-0.2, 0) is 6.54 Å². The van der Waals surface area contributed by atoms with E-state index in [0.29, 0.717) is 5.69 Å². The summed E-state index contributed by atoms with van der Waals surface area (Å²) >= 11 is 1.51. The molecule has 1 N–H and O–H groups in total. The summed E-state index contributed by atoms with van der Waals surface area (Å²) in [7, 11) is 0. The van der Waals surface area contributed by atoms with Crippen molar-refractivity contribution in [3.8, 4) is 11.4 Å². The molecule has 10 heteroatoms. The molecule has 0 saturated carbocycles. The summed E-state index contributed by atoms with van der Waals surface area (Å²) in [5.74, 6) is -0.999. The highest BCUT2D eigenvalue weighted by molar-refractivity contribution is 7.08. The molecule has 0 saturated heterocycles. The van der Waals surface area contributed by atoms with Crippen LogP contribution in [0.25, 0.3) is 5.69 Å². The zero-order valence-electron chi connectivity index (χ0n) is 12.5.